The maximum absolute atomic E-state index is 13.4. The number of nitrogens with one attached hydrogen (secondary N) is 3. The summed E-state index contributed by atoms with van der Waals surface area (Å²) in [7, 11) is -4.01. The van der Waals surface area contributed by atoms with Gasteiger partial charge in [0.15, 0.2) is 0 Å². The highest BCUT2D eigenvalue weighted by Crippen LogP contribution is 2.29. The van der Waals surface area contributed by atoms with Gasteiger partial charge in [0.25, 0.3) is 10.0 Å². The third kappa shape index (κ3) is 3.61. The van der Waals surface area contributed by atoms with E-state index in [1.807, 2.05) is 0 Å². The molecular weight excluding hydrogens is 349 g/mol. The third-order valence-electron chi connectivity index (χ3n) is 3.61. The first-order valence-corrected chi connectivity index (χ1v) is 8.76. The summed E-state index contributed by atoms with van der Waals surface area (Å²) in [5.74, 6) is -1.60. The van der Waals surface area contributed by atoms with Crippen LogP contribution in [0.15, 0.2) is 41.3 Å². The van der Waals surface area contributed by atoms with E-state index in [0.717, 1.165) is 6.07 Å². The second-order valence-electron chi connectivity index (χ2n) is 5.55. The van der Waals surface area contributed by atoms with Crippen molar-refractivity contribution in [1.82, 2.24) is 0 Å². The summed E-state index contributed by atoms with van der Waals surface area (Å²) in [6.45, 7) is 1.64. The summed E-state index contributed by atoms with van der Waals surface area (Å²) in [4.78, 5) is 23.0. The van der Waals surface area contributed by atoms with Crippen molar-refractivity contribution in [3.05, 3.63) is 47.8 Å². The molecule has 0 saturated heterocycles. The topological polar surface area (TPSA) is 104 Å². The van der Waals surface area contributed by atoms with Gasteiger partial charge < -0.3 is 10.6 Å². The molecule has 2 aromatic rings. The fraction of sp³-hybridized carbons (Fsp3) is 0.125. The van der Waals surface area contributed by atoms with Crippen molar-refractivity contribution in [2.75, 3.05) is 15.4 Å². The Morgan fingerprint density at radius 1 is 1.00 bits per heavy atom. The van der Waals surface area contributed by atoms with E-state index >= 15 is 0 Å². The van der Waals surface area contributed by atoms with Gasteiger partial charge in [-0.3, -0.25) is 14.3 Å². The van der Waals surface area contributed by atoms with Gasteiger partial charge in [-0.25, -0.2) is 12.8 Å². The molecule has 0 fully saturated rings. The largest absolute Gasteiger partial charge is 0.324 e. The number of fused-ring (bicyclic) bond motifs is 1. The average molecular weight is 363 g/mol. The molecule has 3 rings (SSSR count). The molecule has 1 aliphatic heterocycles. The standard InChI is InChI=1S/C16H14FN3O4S/c1-9-2-3-10(17)6-13(9)20-25(23,24)11-4-5-12-14(7-11)19-16(22)8-15(21)18-12/h2-7,20H,8H2,1H3,(H,18,21)(H,19,22). The fourth-order valence-electron chi connectivity index (χ4n) is 2.35. The summed E-state index contributed by atoms with van der Waals surface area (Å²) in [5, 5.41) is 4.99. The molecule has 0 saturated carbocycles. The molecular formula is C16H14FN3O4S. The Morgan fingerprint density at radius 3 is 2.40 bits per heavy atom. The molecule has 2 aromatic carbocycles. The van der Waals surface area contributed by atoms with Crippen molar-refractivity contribution in [3.63, 3.8) is 0 Å². The predicted octanol–water partition coefficient (Wildman–Crippen LogP) is 2.22. The Morgan fingerprint density at radius 2 is 1.68 bits per heavy atom. The number of hydrogen-bond acceptors (Lipinski definition) is 4. The number of carbonyl (C=O) groups excluding carboxylic acids is 2. The second-order valence-corrected chi connectivity index (χ2v) is 7.23. The van der Waals surface area contributed by atoms with Crippen LogP contribution in [0.25, 0.3) is 0 Å². The summed E-state index contributed by atoms with van der Waals surface area (Å²) in [6.07, 6.45) is -0.350. The van der Waals surface area contributed by atoms with E-state index in [2.05, 4.69) is 15.4 Å². The van der Waals surface area contributed by atoms with Gasteiger partial charge in [-0.2, -0.15) is 0 Å². The van der Waals surface area contributed by atoms with Crippen LogP contribution in [0, 0.1) is 12.7 Å². The first-order chi connectivity index (χ1) is 11.7. The van der Waals surface area contributed by atoms with Gasteiger partial charge in [0.1, 0.15) is 12.2 Å². The molecule has 7 nitrogen and oxygen atoms in total. The molecule has 1 aliphatic rings. The molecule has 130 valence electrons. The maximum atomic E-state index is 13.4. The van der Waals surface area contributed by atoms with E-state index in [9.17, 15) is 22.4 Å². The van der Waals surface area contributed by atoms with Crippen molar-refractivity contribution in [2.45, 2.75) is 18.2 Å². The van der Waals surface area contributed by atoms with E-state index in [1.165, 1.54) is 30.3 Å². The number of carbonyl (C=O) groups is 2. The Balaban J connectivity index is 1.97. The lowest BCUT2D eigenvalue weighted by Crippen LogP contribution is -2.16. The Kier molecular flexibility index (Phi) is 4.17. The molecule has 0 spiro atoms. The number of hydrogen-bond donors (Lipinski definition) is 3. The summed E-state index contributed by atoms with van der Waals surface area (Å²) >= 11 is 0. The van der Waals surface area contributed by atoms with Gasteiger partial charge >= 0.3 is 0 Å². The first kappa shape index (κ1) is 16.9. The summed E-state index contributed by atoms with van der Waals surface area (Å²) in [6, 6.07) is 7.67. The van der Waals surface area contributed by atoms with Crippen LogP contribution in [0.2, 0.25) is 0 Å². The molecule has 0 unspecified atom stereocenters. The zero-order valence-electron chi connectivity index (χ0n) is 13.1. The summed E-state index contributed by atoms with van der Waals surface area (Å²) in [5.41, 5.74) is 1.15. The second kappa shape index (κ2) is 6.17. The zero-order chi connectivity index (χ0) is 18.2. The third-order valence-corrected chi connectivity index (χ3v) is 4.98. The molecule has 0 radical (unpaired) electrons. The van der Waals surface area contributed by atoms with Gasteiger partial charge in [-0.05, 0) is 42.8 Å². The number of anilines is 3. The van der Waals surface area contributed by atoms with Crippen LogP contribution >= 0.6 is 0 Å². The highest BCUT2D eigenvalue weighted by molar-refractivity contribution is 7.92. The number of aryl methyl sites for hydroxylation is 1. The normalized spacial score (nSPS) is 14.2. The molecule has 1 heterocycles. The van der Waals surface area contributed by atoms with Crippen LogP contribution in [-0.4, -0.2) is 20.2 Å². The van der Waals surface area contributed by atoms with Crippen LogP contribution < -0.4 is 15.4 Å². The molecule has 0 aliphatic carbocycles. The molecule has 2 amide bonds. The van der Waals surface area contributed by atoms with Gasteiger partial charge in [0.05, 0.1) is 22.0 Å². The van der Waals surface area contributed by atoms with Crippen molar-refractivity contribution in [2.24, 2.45) is 0 Å². The van der Waals surface area contributed by atoms with Crippen LogP contribution in [0.5, 0.6) is 0 Å². The van der Waals surface area contributed by atoms with Crippen LogP contribution in [0.1, 0.15) is 12.0 Å². The molecule has 25 heavy (non-hydrogen) atoms. The Hall–Kier alpha value is -2.94. The van der Waals surface area contributed by atoms with E-state index in [0.29, 0.717) is 11.3 Å². The summed E-state index contributed by atoms with van der Waals surface area (Å²) < 4.78 is 40.8. The number of sulfonamides is 1. The fourth-order valence-corrected chi connectivity index (χ4v) is 3.49. The minimum absolute atomic E-state index is 0.118. The average Bonchev–Trinajstić information content (AvgIpc) is 2.66. The van der Waals surface area contributed by atoms with Gasteiger partial charge in [0.2, 0.25) is 11.8 Å². The lowest BCUT2D eigenvalue weighted by molar-refractivity contribution is -0.123. The highest BCUT2D eigenvalue weighted by Gasteiger charge is 2.22. The minimum Gasteiger partial charge on any atom is -0.324 e. The molecule has 0 atom stereocenters. The van der Waals surface area contributed by atoms with Crippen LogP contribution in [-0.2, 0) is 19.6 Å². The minimum atomic E-state index is -4.01. The van der Waals surface area contributed by atoms with Gasteiger partial charge in [-0.1, -0.05) is 6.07 Å². The SMILES string of the molecule is Cc1ccc(F)cc1NS(=O)(=O)c1ccc2c(c1)NC(=O)CC(=O)N2. The van der Waals surface area contributed by atoms with E-state index in [4.69, 9.17) is 0 Å². The van der Waals surface area contributed by atoms with E-state index < -0.39 is 27.7 Å². The highest BCUT2D eigenvalue weighted by atomic mass is 32.2. The van der Waals surface area contributed by atoms with Crippen molar-refractivity contribution in [3.8, 4) is 0 Å². The smallest absolute Gasteiger partial charge is 0.261 e. The lowest BCUT2D eigenvalue weighted by Gasteiger charge is -2.13. The van der Waals surface area contributed by atoms with E-state index in [1.54, 1.807) is 6.92 Å². The number of amides is 2. The molecule has 0 bridgehead atoms. The zero-order valence-corrected chi connectivity index (χ0v) is 13.9. The lowest BCUT2D eigenvalue weighted by atomic mass is 10.2. The van der Waals surface area contributed by atoms with Gasteiger partial charge in [-0.15, -0.1) is 0 Å². The van der Waals surface area contributed by atoms with Crippen LogP contribution in [0.4, 0.5) is 21.5 Å². The van der Waals surface area contributed by atoms with Crippen molar-refractivity contribution >= 4 is 38.9 Å². The first-order valence-electron chi connectivity index (χ1n) is 7.27. The van der Waals surface area contributed by atoms with Crippen molar-refractivity contribution in [1.29, 1.82) is 0 Å². The van der Waals surface area contributed by atoms with Gasteiger partial charge in [0, 0.05) is 0 Å². The number of halogens is 1. The molecule has 3 N–H and O–H groups in total. The van der Waals surface area contributed by atoms with Crippen LogP contribution in [0.3, 0.4) is 0 Å². The molecule has 9 heteroatoms. The Bertz CT molecular complexity index is 989. The Labute approximate surface area is 143 Å². The monoisotopic (exact) mass is 363 g/mol. The number of rotatable bonds is 3. The predicted molar refractivity (Wildman–Crippen MR) is 90.3 cm³/mol. The van der Waals surface area contributed by atoms with Crippen molar-refractivity contribution < 1.29 is 22.4 Å². The maximum Gasteiger partial charge on any atom is 0.261 e. The quantitative estimate of drug-likeness (QED) is 0.727. The number of benzene rings is 2. The van der Waals surface area contributed by atoms with E-state index in [-0.39, 0.29) is 22.7 Å². The molecule has 0 aromatic heterocycles.